The van der Waals surface area contributed by atoms with E-state index in [4.69, 9.17) is 0 Å². The molecule has 3 heteroatoms. The molecule has 7 atom stereocenters. The number of fused-ring (bicyclic) bond motifs is 1. The van der Waals surface area contributed by atoms with Crippen molar-refractivity contribution in [1.29, 1.82) is 0 Å². The van der Waals surface area contributed by atoms with Gasteiger partial charge in [-0.25, -0.2) is 0 Å². The van der Waals surface area contributed by atoms with Crippen LogP contribution in [0.15, 0.2) is 35.5 Å². The van der Waals surface area contributed by atoms with Crippen LogP contribution < -0.4 is 0 Å². The van der Waals surface area contributed by atoms with Crippen molar-refractivity contribution in [3.63, 3.8) is 0 Å². The van der Waals surface area contributed by atoms with Gasteiger partial charge in [0.05, 0.1) is 18.3 Å². The van der Waals surface area contributed by atoms with Gasteiger partial charge < -0.3 is 15.3 Å². The van der Waals surface area contributed by atoms with Gasteiger partial charge in [0.15, 0.2) is 0 Å². The van der Waals surface area contributed by atoms with Gasteiger partial charge >= 0.3 is 0 Å². The van der Waals surface area contributed by atoms with Crippen molar-refractivity contribution in [3.8, 4) is 0 Å². The van der Waals surface area contributed by atoms with Gasteiger partial charge in [0, 0.05) is 6.42 Å². The molecule has 0 radical (unpaired) electrons. The first-order valence-electron chi connectivity index (χ1n) is 12.3. The maximum Gasteiger partial charge on any atom is 0.0811 e. The molecule has 0 amide bonds. The highest BCUT2D eigenvalue weighted by Gasteiger charge is 2.50. The third-order valence-corrected chi connectivity index (χ3v) is 8.68. The highest BCUT2D eigenvalue weighted by molar-refractivity contribution is 5.38. The third kappa shape index (κ3) is 4.95. The lowest BCUT2D eigenvalue weighted by atomic mass is 9.60. The van der Waals surface area contributed by atoms with Gasteiger partial charge in [-0.2, -0.15) is 0 Å². The first-order chi connectivity index (χ1) is 14.1. The molecule has 0 aromatic heterocycles. The topological polar surface area (TPSA) is 60.7 Å². The van der Waals surface area contributed by atoms with Crippen LogP contribution in [0.25, 0.3) is 0 Å². The van der Waals surface area contributed by atoms with Gasteiger partial charge in [0.25, 0.3) is 0 Å². The zero-order valence-electron chi connectivity index (χ0n) is 19.6. The first-order valence-corrected chi connectivity index (χ1v) is 12.3. The maximum atomic E-state index is 10.3. The van der Waals surface area contributed by atoms with E-state index in [9.17, 15) is 15.3 Å². The summed E-state index contributed by atoms with van der Waals surface area (Å²) < 4.78 is 0. The summed E-state index contributed by atoms with van der Waals surface area (Å²) in [7, 11) is 0. The molecule has 0 heterocycles. The SMILES string of the molecule is C=C1C(=CC=C2CCC[C@@]3(C)C2CC[C@@H]3[C@H](C)CCC(O)C(C)C)C[C@@H](O)CC1O. The van der Waals surface area contributed by atoms with E-state index < -0.39 is 12.2 Å². The van der Waals surface area contributed by atoms with Crippen LogP contribution in [0, 0.1) is 29.1 Å². The lowest BCUT2D eigenvalue weighted by Gasteiger charge is -2.44. The maximum absolute atomic E-state index is 10.3. The van der Waals surface area contributed by atoms with Crippen molar-refractivity contribution in [2.24, 2.45) is 29.1 Å². The highest BCUT2D eigenvalue weighted by atomic mass is 16.3. The largest absolute Gasteiger partial charge is 0.393 e. The highest BCUT2D eigenvalue weighted by Crippen LogP contribution is 2.60. The molecule has 0 aromatic rings. The van der Waals surface area contributed by atoms with Gasteiger partial charge in [0.2, 0.25) is 0 Å². The van der Waals surface area contributed by atoms with Gasteiger partial charge in [0.1, 0.15) is 0 Å². The first kappa shape index (κ1) is 23.8. The minimum atomic E-state index is -0.618. The van der Waals surface area contributed by atoms with Crippen molar-refractivity contribution in [2.45, 2.75) is 104 Å². The van der Waals surface area contributed by atoms with E-state index in [2.05, 4.69) is 46.4 Å². The summed E-state index contributed by atoms with van der Waals surface area (Å²) in [5.41, 5.74) is 3.69. The Morgan fingerprint density at radius 3 is 2.57 bits per heavy atom. The fourth-order valence-electron chi connectivity index (χ4n) is 6.65. The quantitative estimate of drug-likeness (QED) is 0.531. The predicted octanol–water partition coefficient (Wildman–Crippen LogP) is 5.56. The zero-order chi connectivity index (χ0) is 22.1. The Kier molecular flexibility index (Phi) is 7.69. The van der Waals surface area contributed by atoms with Crippen molar-refractivity contribution in [3.05, 3.63) is 35.5 Å². The van der Waals surface area contributed by atoms with E-state index >= 15 is 0 Å². The van der Waals surface area contributed by atoms with E-state index in [1.54, 1.807) is 5.57 Å². The molecule has 3 aliphatic carbocycles. The number of hydrogen-bond acceptors (Lipinski definition) is 3. The molecule has 3 aliphatic rings. The molecular weight excluding hydrogens is 372 g/mol. The lowest BCUT2D eigenvalue weighted by molar-refractivity contribution is 0.0717. The average molecular weight is 417 g/mol. The van der Waals surface area contributed by atoms with E-state index in [0.717, 1.165) is 36.3 Å². The summed E-state index contributed by atoms with van der Waals surface area (Å²) in [6.07, 6.45) is 12.4. The Bertz CT molecular complexity index is 676. The monoisotopic (exact) mass is 416 g/mol. The summed E-state index contributed by atoms with van der Waals surface area (Å²) in [5, 5.41) is 30.4. The van der Waals surface area contributed by atoms with Crippen LogP contribution in [0.3, 0.4) is 0 Å². The van der Waals surface area contributed by atoms with E-state index in [1.807, 2.05) is 0 Å². The van der Waals surface area contributed by atoms with E-state index in [-0.39, 0.29) is 6.10 Å². The van der Waals surface area contributed by atoms with Crippen LogP contribution in [-0.4, -0.2) is 33.6 Å². The van der Waals surface area contributed by atoms with Crippen LogP contribution in [0.5, 0.6) is 0 Å². The molecule has 30 heavy (non-hydrogen) atoms. The molecule has 0 aliphatic heterocycles. The Balaban J connectivity index is 1.72. The minimum Gasteiger partial charge on any atom is -0.393 e. The second-order valence-corrected chi connectivity index (χ2v) is 11.0. The Hall–Kier alpha value is -0.900. The predicted molar refractivity (Wildman–Crippen MR) is 124 cm³/mol. The van der Waals surface area contributed by atoms with E-state index in [1.165, 1.54) is 25.7 Å². The molecule has 3 saturated carbocycles. The van der Waals surface area contributed by atoms with Gasteiger partial charge in [-0.1, -0.05) is 52.0 Å². The summed E-state index contributed by atoms with van der Waals surface area (Å²) >= 11 is 0. The lowest BCUT2D eigenvalue weighted by Crippen LogP contribution is -2.36. The number of aliphatic hydroxyl groups is 3. The smallest absolute Gasteiger partial charge is 0.0811 e. The standard InChI is InChI=1S/C27H44O3/c1-17(2)25(29)13-8-18(3)23-11-12-24-20(7-6-14-27(23,24)5)9-10-21-15-22(28)16-26(30)19(21)4/h9-10,17-18,22-26,28-30H,4,6-8,11-16H2,1-3,5H3/t18-,22-,23-,24?,25?,26?,27-/m1/s1. The van der Waals surface area contributed by atoms with Crippen LogP contribution in [-0.2, 0) is 0 Å². The summed E-state index contributed by atoms with van der Waals surface area (Å²) in [5.74, 6) is 2.35. The molecule has 3 fully saturated rings. The molecule has 0 spiro atoms. The average Bonchev–Trinajstić information content (AvgIpc) is 3.04. The van der Waals surface area contributed by atoms with E-state index in [0.29, 0.717) is 36.0 Å². The molecule has 0 aromatic carbocycles. The summed E-state index contributed by atoms with van der Waals surface area (Å²) in [4.78, 5) is 0. The molecule has 3 nitrogen and oxygen atoms in total. The molecule has 3 N–H and O–H groups in total. The minimum absolute atomic E-state index is 0.180. The van der Waals surface area contributed by atoms with Crippen LogP contribution in [0.2, 0.25) is 0 Å². The molecular formula is C27H44O3. The van der Waals surface area contributed by atoms with Crippen molar-refractivity contribution in [2.75, 3.05) is 0 Å². The van der Waals surface area contributed by atoms with Crippen LogP contribution in [0.1, 0.15) is 85.5 Å². The normalized spacial score (nSPS) is 39.5. The van der Waals surface area contributed by atoms with Crippen LogP contribution >= 0.6 is 0 Å². The van der Waals surface area contributed by atoms with Crippen molar-refractivity contribution < 1.29 is 15.3 Å². The second-order valence-electron chi connectivity index (χ2n) is 11.0. The Morgan fingerprint density at radius 2 is 1.87 bits per heavy atom. The summed E-state index contributed by atoms with van der Waals surface area (Å²) in [6, 6.07) is 0. The Labute approximate surface area is 184 Å². The molecule has 0 bridgehead atoms. The summed E-state index contributed by atoms with van der Waals surface area (Å²) in [6.45, 7) is 13.2. The number of rotatable bonds is 6. The van der Waals surface area contributed by atoms with Crippen molar-refractivity contribution >= 4 is 0 Å². The molecule has 3 rings (SSSR count). The third-order valence-electron chi connectivity index (χ3n) is 8.68. The Morgan fingerprint density at radius 1 is 1.13 bits per heavy atom. The van der Waals surface area contributed by atoms with Gasteiger partial charge in [-0.05, 0) is 91.6 Å². The zero-order valence-corrected chi connectivity index (χ0v) is 19.6. The fourth-order valence-corrected chi connectivity index (χ4v) is 6.65. The number of allylic oxidation sites excluding steroid dienone is 3. The molecule has 0 saturated heterocycles. The fraction of sp³-hybridized carbons (Fsp3) is 0.778. The second kappa shape index (κ2) is 9.71. The van der Waals surface area contributed by atoms with Crippen molar-refractivity contribution in [1.82, 2.24) is 0 Å². The number of hydrogen-bond donors (Lipinski definition) is 3. The molecule has 170 valence electrons. The van der Waals surface area contributed by atoms with Crippen LogP contribution in [0.4, 0.5) is 0 Å². The number of aliphatic hydroxyl groups excluding tert-OH is 3. The van der Waals surface area contributed by atoms with Gasteiger partial charge in [-0.3, -0.25) is 0 Å². The van der Waals surface area contributed by atoms with Gasteiger partial charge in [-0.15, -0.1) is 0 Å². The molecule has 3 unspecified atom stereocenters.